The van der Waals surface area contributed by atoms with Crippen LogP contribution in [0, 0.1) is 0 Å². The van der Waals surface area contributed by atoms with Gasteiger partial charge in [0, 0.05) is 7.11 Å². The van der Waals surface area contributed by atoms with Crippen LogP contribution >= 0.6 is 0 Å². The number of methoxy groups -OCH3 is 1. The average molecular weight is 326 g/mol. The fourth-order valence-electron chi connectivity index (χ4n) is 2.37. The molecular weight excluding hydrogens is 304 g/mol. The quantitative estimate of drug-likeness (QED) is 0.293. The highest BCUT2D eigenvalue weighted by molar-refractivity contribution is 4.94. The molecule has 0 aromatic heterocycles. The van der Waals surface area contributed by atoms with Crippen LogP contribution in [0.5, 0.6) is 0 Å². The minimum Gasteiger partial charge on any atom is -0.393 e. The molecule has 0 radical (unpaired) electrons. The number of rotatable bonds is 5. The van der Waals surface area contributed by atoms with Crippen LogP contribution in [-0.2, 0) is 18.9 Å². The molecule has 10 nitrogen and oxygen atoms in total. The summed E-state index contributed by atoms with van der Waals surface area (Å²) in [4.78, 5) is 0. The van der Waals surface area contributed by atoms with Gasteiger partial charge in [-0.15, -0.1) is 0 Å². The molecule has 10 heteroatoms. The Morgan fingerprint density at radius 1 is 1.09 bits per heavy atom. The topological polar surface area (TPSA) is 158 Å². The van der Waals surface area contributed by atoms with Gasteiger partial charge in [0.05, 0.1) is 19.8 Å². The van der Waals surface area contributed by atoms with Gasteiger partial charge in [-0.2, -0.15) is 0 Å². The predicted molar refractivity (Wildman–Crippen MR) is 67.4 cm³/mol. The Bertz CT molecular complexity index is 366. The first-order valence-corrected chi connectivity index (χ1v) is 6.81. The number of ether oxygens (including phenoxy) is 4. The van der Waals surface area contributed by atoms with Crippen LogP contribution in [0.15, 0.2) is 0 Å². The number of hydrogen-bond acceptors (Lipinski definition) is 10. The fraction of sp³-hybridized carbons (Fsp3) is 1.00. The molecule has 2 aliphatic rings. The lowest BCUT2D eigenvalue weighted by Crippen LogP contribution is -2.59. The monoisotopic (exact) mass is 326 g/mol. The van der Waals surface area contributed by atoms with Crippen molar-refractivity contribution in [1.82, 2.24) is 0 Å². The van der Waals surface area contributed by atoms with Crippen LogP contribution in [0.3, 0.4) is 0 Å². The molecule has 2 saturated heterocycles. The molecule has 8 unspecified atom stereocenters. The molecule has 0 saturated carbocycles. The summed E-state index contributed by atoms with van der Waals surface area (Å²) >= 11 is 0. The Balaban J connectivity index is 1.91. The second-order valence-corrected chi connectivity index (χ2v) is 5.47. The largest absolute Gasteiger partial charge is 0.393 e. The Morgan fingerprint density at radius 3 is 2.32 bits per heavy atom. The minimum absolute atomic E-state index is 0.298. The Morgan fingerprint density at radius 2 is 1.77 bits per heavy atom. The average Bonchev–Trinajstić information content (AvgIpc) is 2.81. The third kappa shape index (κ3) is 3.26. The van der Waals surface area contributed by atoms with Crippen LogP contribution in [0.4, 0.5) is 0 Å². The van der Waals surface area contributed by atoms with Crippen LogP contribution in [0.1, 0.15) is 0 Å². The van der Waals surface area contributed by atoms with Crippen molar-refractivity contribution in [2.75, 3.05) is 26.9 Å². The lowest BCUT2D eigenvalue weighted by atomic mass is 9.99. The predicted octanol–water partition coefficient (Wildman–Crippen LogP) is -4.10. The summed E-state index contributed by atoms with van der Waals surface area (Å²) in [6.45, 7) is -1.31. The summed E-state index contributed by atoms with van der Waals surface area (Å²) in [6.07, 6.45) is -9.22. The van der Waals surface area contributed by atoms with Gasteiger partial charge < -0.3 is 49.6 Å². The molecule has 130 valence electrons. The summed E-state index contributed by atoms with van der Waals surface area (Å²) in [5.41, 5.74) is -1.82. The van der Waals surface area contributed by atoms with E-state index in [0.29, 0.717) is 0 Å². The van der Waals surface area contributed by atoms with Gasteiger partial charge in [-0.25, -0.2) is 0 Å². The van der Waals surface area contributed by atoms with Crippen molar-refractivity contribution in [2.24, 2.45) is 0 Å². The number of aliphatic hydroxyl groups is 6. The molecule has 2 fully saturated rings. The van der Waals surface area contributed by atoms with E-state index in [0.717, 1.165) is 0 Å². The zero-order valence-electron chi connectivity index (χ0n) is 12.0. The van der Waals surface area contributed by atoms with E-state index in [9.17, 15) is 25.5 Å². The molecular formula is C12H22O10. The van der Waals surface area contributed by atoms with Gasteiger partial charge in [0.2, 0.25) is 0 Å². The van der Waals surface area contributed by atoms with Crippen molar-refractivity contribution in [3.63, 3.8) is 0 Å². The van der Waals surface area contributed by atoms with Gasteiger partial charge in [-0.3, -0.25) is 0 Å². The van der Waals surface area contributed by atoms with Crippen LogP contribution < -0.4 is 0 Å². The van der Waals surface area contributed by atoms with E-state index in [1.807, 2.05) is 0 Å². The molecule has 0 aliphatic carbocycles. The Labute approximate surface area is 126 Å². The van der Waals surface area contributed by atoms with E-state index >= 15 is 0 Å². The molecule has 2 heterocycles. The van der Waals surface area contributed by atoms with Crippen molar-refractivity contribution < 1.29 is 49.6 Å². The number of aliphatic hydroxyl groups excluding tert-OH is 5. The maximum absolute atomic E-state index is 9.85. The van der Waals surface area contributed by atoms with E-state index in [4.69, 9.17) is 24.1 Å². The van der Waals surface area contributed by atoms with Gasteiger partial charge >= 0.3 is 0 Å². The summed E-state index contributed by atoms with van der Waals surface area (Å²) in [6, 6.07) is 0. The summed E-state index contributed by atoms with van der Waals surface area (Å²) in [7, 11) is 1.27. The lowest BCUT2D eigenvalue weighted by Gasteiger charge is -2.39. The van der Waals surface area contributed by atoms with E-state index < -0.39 is 55.3 Å². The lowest BCUT2D eigenvalue weighted by molar-refractivity contribution is -0.303. The maximum atomic E-state index is 9.85. The third-order valence-corrected chi connectivity index (χ3v) is 3.91. The van der Waals surface area contributed by atoms with Gasteiger partial charge in [0.1, 0.15) is 36.1 Å². The van der Waals surface area contributed by atoms with Crippen LogP contribution in [0.2, 0.25) is 0 Å². The second-order valence-electron chi connectivity index (χ2n) is 5.47. The molecule has 0 amide bonds. The van der Waals surface area contributed by atoms with Crippen LogP contribution in [0.25, 0.3) is 0 Å². The standard InChI is InChI=1S/C12H22O10/c1-19-10-8(16)7(15)6(14)5(22-10)2-20-11-9(17)12(18,3-13)4-21-11/h5-11,13-18H,2-4H2,1H3. The highest BCUT2D eigenvalue weighted by Gasteiger charge is 2.49. The zero-order chi connectivity index (χ0) is 16.5. The molecule has 0 spiro atoms. The van der Waals surface area contributed by atoms with Gasteiger partial charge in [-0.1, -0.05) is 0 Å². The molecule has 0 bridgehead atoms. The maximum Gasteiger partial charge on any atom is 0.186 e. The molecule has 8 atom stereocenters. The van der Waals surface area contributed by atoms with Crippen molar-refractivity contribution in [3.8, 4) is 0 Å². The summed E-state index contributed by atoms with van der Waals surface area (Å²) < 4.78 is 20.3. The smallest absolute Gasteiger partial charge is 0.186 e. The van der Waals surface area contributed by atoms with E-state index in [1.54, 1.807) is 0 Å². The molecule has 2 aliphatic heterocycles. The zero-order valence-corrected chi connectivity index (χ0v) is 12.0. The molecule has 0 aromatic carbocycles. The fourth-order valence-corrected chi connectivity index (χ4v) is 2.37. The minimum atomic E-state index is -1.82. The van der Waals surface area contributed by atoms with Gasteiger partial charge in [0.15, 0.2) is 12.6 Å². The van der Waals surface area contributed by atoms with E-state index in [-0.39, 0.29) is 13.2 Å². The molecule has 2 rings (SSSR count). The first-order valence-electron chi connectivity index (χ1n) is 6.81. The molecule has 0 aromatic rings. The SMILES string of the molecule is COC1OC(COC2OCC(O)(CO)C2O)C(O)C(O)C1O. The number of hydrogen-bond donors (Lipinski definition) is 6. The summed E-state index contributed by atoms with van der Waals surface area (Å²) in [5, 5.41) is 57.8. The van der Waals surface area contributed by atoms with Crippen molar-refractivity contribution in [1.29, 1.82) is 0 Å². The van der Waals surface area contributed by atoms with Crippen molar-refractivity contribution in [2.45, 2.75) is 48.7 Å². The van der Waals surface area contributed by atoms with Crippen molar-refractivity contribution >= 4 is 0 Å². The second kappa shape index (κ2) is 7.01. The Hall–Kier alpha value is -0.400. The normalized spacial score (nSPS) is 49.5. The first kappa shape index (κ1) is 17.9. The molecule has 22 heavy (non-hydrogen) atoms. The highest BCUT2D eigenvalue weighted by atomic mass is 16.7. The van der Waals surface area contributed by atoms with Gasteiger partial charge in [-0.05, 0) is 0 Å². The molecule has 6 N–H and O–H groups in total. The van der Waals surface area contributed by atoms with E-state index in [1.165, 1.54) is 7.11 Å². The summed E-state index contributed by atoms with van der Waals surface area (Å²) in [5.74, 6) is 0. The van der Waals surface area contributed by atoms with E-state index in [2.05, 4.69) is 0 Å². The third-order valence-electron chi connectivity index (χ3n) is 3.91. The first-order chi connectivity index (χ1) is 10.3. The Kier molecular flexibility index (Phi) is 5.72. The van der Waals surface area contributed by atoms with Gasteiger partial charge in [0.25, 0.3) is 0 Å². The highest BCUT2D eigenvalue weighted by Crippen LogP contribution is 2.27. The van der Waals surface area contributed by atoms with Crippen molar-refractivity contribution in [3.05, 3.63) is 0 Å². The van der Waals surface area contributed by atoms with Crippen LogP contribution in [-0.4, -0.2) is 106 Å².